The number of hydrogen-bond acceptors (Lipinski definition) is 6. The summed E-state index contributed by atoms with van der Waals surface area (Å²) < 4.78 is 1.92. The van der Waals surface area contributed by atoms with E-state index in [9.17, 15) is 0 Å². The van der Waals surface area contributed by atoms with E-state index < -0.39 is 5.54 Å². The molecule has 1 atom stereocenters. The maximum absolute atomic E-state index is 9.11. The average Bonchev–Trinajstić information content (AvgIpc) is 3.05. The quantitative estimate of drug-likeness (QED) is 0.811. The van der Waals surface area contributed by atoms with E-state index in [4.69, 9.17) is 5.26 Å². The Kier molecular flexibility index (Phi) is 4.19. The van der Waals surface area contributed by atoms with E-state index in [1.54, 1.807) is 7.05 Å². The molecule has 0 amide bonds. The van der Waals surface area contributed by atoms with E-state index in [2.05, 4.69) is 26.9 Å². The number of aromatic nitrogens is 4. The van der Waals surface area contributed by atoms with E-state index in [0.717, 1.165) is 18.0 Å². The lowest BCUT2D eigenvalue weighted by molar-refractivity contribution is 0.422. The molecule has 0 bridgehead atoms. The summed E-state index contributed by atoms with van der Waals surface area (Å²) in [5.74, 6) is 0.632. The Balaban J connectivity index is 2.02. The van der Waals surface area contributed by atoms with Crippen LogP contribution in [0.25, 0.3) is 0 Å². The van der Waals surface area contributed by atoms with Gasteiger partial charge in [0.05, 0.1) is 12.1 Å². The van der Waals surface area contributed by atoms with E-state index in [-0.39, 0.29) is 0 Å². The molecule has 0 saturated heterocycles. The fourth-order valence-corrected chi connectivity index (χ4v) is 3.07. The minimum absolute atomic E-state index is 0.436. The van der Waals surface area contributed by atoms with Crippen molar-refractivity contribution in [1.29, 1.82) is 5.26 Å². The second-order valence-corrected chi connectivity index (χ2v) is 5.77. The van der Waals surface area contributed by atoms with Crippen LogP contribution >= 0.6 is 11.8 Å². The molecule has 0 aromatic carbocycles. The topological polar surface area (TPSA) is 79.4 Å². The smallest absolute Gasteiger partial charge is 0.209 e. The molecule has 0 aliphatic heterocycles. The van der Waals surface area contributed by atoms with E-state index in [1.165, 1.54) is 24.6 Å². The van der Waals surface area contributed by atoms with Crippen LogP contribution in [0.1, 0.15) is 38.6 Å². The zero-order valence-corrected chi connectivity index (χ0v) is 11.6. The third-order valence-electron chi connectivity index (χ3n) is 3.42. The van der Waals surface area contributed by atoms with Gasteiger partial charge in [0.1, 0.15) is 5.54 Å². The highest BCUT2D eigenvalue weighted by atomic mass is 32.2. The Bertz CT molecular complexity index is 433. The Morgan fingerprint density at radius 2 is 2.28 bits per heavy atom. The van der Waals surface area contributed by atoms with Gasteiger partial charge < -0.3 is 5.32 Å². The van der Waals surface area contributed by atoms with Crippen LogP contribution in [0.4, 0.5) is 0 Å². The molecule has 6 nitrogen and oxygen atoms in total. The minimum Gasteiger partial charge on any atom is -0.302 e. The van der Waals surface area contributed by atoms with Gasteiger partial charge in [-0.1, -0.05) is 24.6 Å². The van der Waals surface area contributed by atoms with Gasteiger partial charge in [-0.2, -0.15) is 5.26 Å². The second kappa shape index (κ2) is 5.67. The van der Waals surface area contributed by atoms with E-state index in [0.29, 0.717) is 11.8 Å². The number of rotatable bonds is 5. The summed E-state index contributed by atoms with van der Waals surface area (Å²) in [6.07, 6.45) is 4.81. The number of nitrogens with one attached hydrogen (secondary N) is 1. The highest BCUT2D eigenvalue weighted by Gasteiger charge is 2.25. The molecule has 1 saturated carbocycles. The van der Waals surface area contributed by atoms with Crippen molar-refractivity contribution >= 4 is 11.8 Å². The predicted molar refractivity (Wildman–Crippen MR) is 69.1 cm³/mol. The first-order valence-electron chi connectivity index (χ1n) is 6.19. The average molecular weight is 266 g/mol. The number of nitrogens with zero attached hydrogens (tertiary/aromatic N) is 5. The van der Waals surface area contributed by atoms with E-state index in [1.807, 2.05) is 11.6 Å². The molecule has 1 fully saturated rings. The van der Waals surface area contributed by atoms with Crippen LogP contribution in [0.2, 0.25) is 0 Å². The van der Waals surface area contributed by atoms with Gasteiger partial charge in [-0.25, -0.2) is 4.68 Å². The molecular formula is C11H18N6S. The first-order valence-corrected chi connectivity index (χ1v) is 7.18. The van der Waals surface area contributed by atoms with Crippen molar-refractivity contribution in [3.63, 3.8) is 0 Å². The lowest BCUT2D eigenvalue weighted by Gasteiger charge is -2.20. The molecule has 1 aliphatic rings. The third kappa shape index (κ3) is 2.82. The maximum atomic E-state index is 9.11. The first kappa shape index (κ1) is 13.3. The first-order chi connectivity index (χ1) is 8.68. The van der Waals surface area contributed by atoms with Gasteiger partial charge in [-0.3, -0.25) is 0 Å². The number of tetrazole rings is 1. The Labute approximate surface area is 111 Å². The molecule has 0 radical (unpaired) electrons. The maximum Gasteiger partial charge on any atom is 0.209 e. The van der Waals surface area contributed by atoms with Gasteiger partial charge in [0.25, 0.3) is 0 Å². The van der Waals surface area contributed by atoms with Crippen LogP contribution in [-0.4, -0.2) is 38.5 Å². The Morgan fingerprint density at radius 3 is 2.89 bits per heavy atom. The van der Waals surface area contributed by atoms with Crippen LogP contribution in [0.15, 0.2) is 5.16 Å². The normalized spacial score (nSPS) is 19.6. The standard InChI is InChI=1S/C11H18N6S/c1-11(7-12,13-2)8-18-10-14-15-16-17(10)9-5-3-4-6-9/h9,13H,3-6,8H2,1-2H3. The van der Waals surface area contributed by atoms with Crippen molar-refractivity contribution in [3.8, 4) is 6.07 Å². The lowest BCUT2D eigenvalue weighted by atomic mass is 10.1. The fraction of sp³-hybridized carbons (Fsp3) is 0.818. The van der Waals surface area contributed by atoms with Crippen LogP contribution in [0.3, 0.4) is 0 Å². The molecule has 7 heteroatoms. The Morgan fingerprint density at radius 1 is 1.56 bits per heavy atom. The molecule has 18 heavy (non-hydrogen) atoms. The number of nitriles is 1. The van der Waals surface area contributed by atoms with Crippen molar-refractivity contribution in [2.24, 2.45) is 0 Å². The van der Waals surface area contributed by atoms with Gasteiger partial charge in [0, 0.05) is 5.75 Å². The monoisotopic (exact) mass is 266 g/mol. The third-order valence-corrected chi connectivity index (χ3v) is 4.67. The van der Waals surface area contributed by atoms with Crippen LogP contribution in [0.5, 0.6) is 0 Å². The molecule has 1 unspecified atom stereocenters. The van der Waals surface area contributed by atoms with Gasteiger partial charge in [-0.05, 0) is 37.2 Å². The summed E-state index contributed by atoms with van der Waals surface area (Å²) in [5, 5.41) is 24.8. The number of hydrogen-bond donors (Lipinski definition) is 1. The highest BCUT2D eigenvalue weighted by Crippen LogP contribution is 2.31. The predicted octanol–water partition coefficient (Wildman–Crippen LogP) is 1.38. The van der Waals surface area contributed by atoms with Crippen LogP contribution in [0, 0.1) is 11.3 Å². The summed E-state index contributed by atoms with van der Waals surface area (Å²) in [5.41, 5.74) is -0.545. The molecule has 98 valence electrons. The van der Waals surface area contributed by atoms with Crippen molar-refractivity contribution < 1.29 is 0 Å². The summed E-state index contributed by atoms with van der Waals surface area (Å²) in [6.45, 7) is 1.88. The number of thioether (sulfide) groups is 1. The summed E-state index contributed by atoms with van der Waals surface area (Å²) in [7, 11) is 1.80. The second-order valence-electron chi connectivity index (χ2n) is 4.83. The van der Waals surface area contributed by atoms with Crippen molar-refractivity contribution in [1.82, 2.24) is 25.5 Å². The molecule has 1 N–H and O–H groups in total. The molecule has 1 aromatic heterocycles. The fourth-order valence-electron chi connectivity index (χ4n) is 2.03. The Hall–Kier alpha value is -1.13. The highest BCUT2D eigenvalue weighted by molar-refractivity contribution is 7.99. The van der Waals surface area contributed by atoms with Crippen LogP contribution in [-0.2, 0) is 0 Å². The molecule has 1 aromatic rings. The summed E-state index contributed by atoms with van der Waals surface area (Å²) in [6, 6.07) is 2.71. The van der Waals surface area contributed by atoms with Crippen molar-refractivity contribution in [2.75, 3.05) is 12.8 Å². The zero-order valence-electron chi connectivity index (χ0n) is 10.8. The summed E-state index contributed by atoms with van der Waals surface area (Å²) in [4.78, 5) is 0. The molecule has 1 heterocycles. The lowest BCUT2D eigenvalue weighted by Crippen LogP contribution is -2.40. The molecule has 1 aliphatic carbocycles. The molecule has 2 rings (SSSR count). The summed E-state index contributed by atoms with van der Waals surface area (Å²) >= 11 is 1.54. The van der Waals surface area contributed by atoms with Gasteiger partial charge in [0.2, 0.25) is 5.16 Å². The molecular weight excluding hydrogens is 248 g/mol. The van der Waals surface area contributed by atoms with Gasteiger partial charge in [-0.15, -0.1) is 5.10 Å². The van der Waals surface area contributed by atoms with Crippen molar-refractivity contribution in [3.05, 3.63) is 0 Å². The largest absolute Gasteiger partial charge is 0.302 e. The van der Waals surface area contributed by atoms with Crippen molar-refractivity contribution in [2.45, 2.75) is 49.3 Å². The van der Waals surface area contributed by atoms with E-state index >= 15 is 0 Å². The van der Waals surface area contributed by atoms with Crippen LogP contribution < -0.4 is 5.32 Å². The van der Waals surface area contributed by atoms with Gasteiger partial charge >= 0.3 is 0 Å². The zero-order chi connectivity index (χ0) is 13.0. The SMILES string of the molecule is CNC(C)(C#N)CSc1nnnn1C1CCCC1. The minimum atomic E-state index is -0.545. The van der Waals surface area contributed by atoms with Gasteiger partial charge in [0.15, 0.2) is 0 Å². The molecule has 0 spiro atoms.